The van der Waals surface area contributed by atoms with Crippen molar-refractivity contribution < 1.29 is 23.8 Å². The minimum absolute atomic E-state index is 0.263. The number of rotatable bonds is 6. The lowest BCUT2D eigenvalue weighted by Crippen LogP contribution is -2.45. The zero-order valence-electron chi connectivity index (χ0n) is 15.1. The molecule has 1 heterocycles. The molecule has 1 atom stereocenters. The number of nitrogens with one attached hydrogen (secondary N) is 2. The number of methoxy groups -OCH3 is 1. The van der Waals surface area contributed by atoms with Gasteiger partial charge in [0, 0.05) is 5.70 Å². The predicted octanol–water partition coefficient (Wildman–Crippen LogP) is 2.67. The van der Waals surface area contributed by atoms with Gasteiger partial charge >= 0.3 is 12.0 Å². The first-order valence-corrected chi connectivity index (χ1v) is 8.17. The first kappa shape index (κ1) is 18.6. The number of esters is 1. The van der Waals surface area contributed by atoms with E-state index in [1.165, 1.54) is 7.11 Å². The van der Waals surface area contributed by atoms with Crippen molar-refractivity contribution in [2.24, 2.45) is 0 Å². The molecule has 0 aliphatic carbocycles. The van der Waals surface area contributed by atoms with Gasteiger partial charge in [0.25, 0.3) is 0 Å². The number of ether oxygens (including phenoxy) is 3. The number of amides is 2. The van der Waals surface area contributed by atoms with Crippen LogP contribution >= 0.6 is 0 Å². The van der Waals surface area contributed by atoms with E-state index >= 15 is 0 Å². The Hall–Kier alpha value is -2.70. The fourth-order valence-corrected chi connectivity index (χ4v) is 2.63. The summed E-state index contributed by atoms with van der Waals surface area (Å²) in [5.41, 5.74) is 1.52. The second-order valence-electron chi connectivity index (χ2n) is 5.87. The molecule has 2 N–H and O–H groups in total. The van der Waals surface area contributed by atoms with Gasteiger partial charge in [0.15, 0.2) is 11.5 Å². The molecule has 7 heteroatoms. The molecule has 0 bridgehead atoms. The maximum atomic E-state index is 12.5. The van der Waals surface area contributed by atoms with E-state index in [0.29, 0.717) is 34.9 Å². The first-order valence-electron chi connectivity index (χ1n) is 8.17. The molecule has 2 rings (SSSR count). The zero-order valence-corrected chi connectivity index (χ0v) is 15.1. The topological polar surface area (TPSA) is 85.9 Å². The van der Waals surface area contributed by atoms with Gasteiger partial charge in [0.05, 0.1) is 31.4 Å². The van der Waals surface area contributed by atoms with Gasteiger partial charge in [-0.1, -0.05) is 6.07 Å². The summed E-state index contributed by atoms with van der Waals surface area (Å²) in [5.74, 6) is 0.653. The summed E-state index contributed by atoms with van der Waals surface area (Å²) >= 11 is 0. The van der Waals surface area contributed by atoms with Crippen molar-refractivity contribution in [3.05, 3.63) is 35.0 Å². The number of carbonyl (C=O) groups is 2. The van der Waals surface area contributed by atoms with E-state index in [4.69, 9.17) is 14.2 Å². The summed E-state index contributed by atoms with van der Waals surface area (Å²) in [7, 11) is 1.54. The predicted molar refractivity (Wildman–Crippen MR) is 92.5 cm³/mol. The standard InChI is InChI=1S/C18H24N2O5/c1-6-24-13-8-7-12(9-14(13)23-5)16-15(17(21)25-10(2)3)11(4)19-18(22)20-16/h7-10,16H,6H2,1-5H3,(H2,19,20,22)/t16-/m0/s1. The summed E-state index contributed by atoms with van der Waals surface area (Å²) in [6.45, 7) is 7.61. The summed E-state index contributed by atoms with van der Waals surface area (Å²) in [6.07, 6.45) is -0.263. The molecule has 1 aromatic carbocycles. The van der Waals surface area contributed by atoms with Crippen LogP contribution in [0.5, 0.6) is 11.5 Å². The van der Waals surface area contributed by atoms with Crippen molar-refractivity contribution in [3.8, 4) is 11.5 Å². The molecule has 2 amide bonds. The molecule has 0 saturated heterocycles. The second kappa shape index (κ2) is 7.92. The summed E-state index contributed by atoms with van der Waals surface area (Å²) in [6, 6.07) is 4.28. The lowest BCUT2D eigenvalue weighted by atomic mass is 9.95. The van der Waals surface area contributed by atoms with Crippen molar-refractivity contribution in [1.82, 2.24) is 10.6 Å². The average Bonchev–Trinajstić information content (AvgIpc) is 2.53. The van der Waals surface area contributed by atoms with E-state index < -0.39 is 12.0 Å². The van der Waals surface area contributed by atoms with Crippen LogP contribution in [0.1, 0.15) is 39.3 Å². The highest BCUT2D eigenvalue weighted by Crippen LogP contribution is 2.34. The second-order valence-corrected chi connectivity index (χ2v) is 5.87. The average molecular weight is 348 g/mol. The largest absolute Gasteiger partial charge is 0.493 e. The van der Waals surface area contributed by atoms with Crippen LogP contribution in [0.25, 0.3) is 0 Å². The minimum atomic E-state index is -0.635. The Morgan fingerprint density at radius 2 is 2.00 bits per heavy atom. The molecule has 0 aromatic heterocycles. The number of hydrogen-bond acceptors (Lipinski definition) is 5. The molecule has 7 nitrogen and oxygen atoms in total. The summed E-state index contributed by atoms with van der Waals surface area (Å²) in [4.78, 5) is 24.4. The Labute approximate surface area is 147 Å². The van der Waals surface area contributed by atoms with Gasteiger partial charge in [-0.05, 0) is 45.4 Å². The Morgan fingerprint density at radius 3 is 2.60 bits per heavy atom. The molecule has 136 valence electrons. The highest BCUT2D eigenvalue weighted by molar-refractivity contribution is 5.95. The van der Waals surface area contributed by atoms with Crippen LogP contribution in [0.3, 0.4) is 0 Å². The first-order chi connectivity index (χ1) is 11.9. The number of allylic oxidation sites excluding steroid dienone is 1. The van der Waals surface area contributed by atoms with E-state index in [0.717, 1.165) is 0 Å². The Kier molecular flexibility index (Phi) is 5.90. The molecular formula is C18H24N2O5. The van der Waals surface area contributed by atoms with E-state index in [2.05, 4.69) is 10.6 Å². The lowest BCUT2D eigenvalue weighted by Gasteiger charge is -2.29. The summed E-state index contributed by atoms with van der Waals surface area (Å²) in [5, 5.41) is 5.38. The molecule has 0 saturated carbocycles. The van der Waals surface area contributed by atoms with Gasteiger partial charge in [-0.3, -0.25) is 0 Å². The Bertz CT molecular complexity index is 697. The quantitative estimate of drug-likeness (QED) is 0.772. The number of benzene rings is 1. The van der Waals surface area contributed by atoms with E-state index in [1.807, 2.05) is 6.92 Å². The maximum absolute atomic E-state index is 12.5. The normalized spacial score (nSPS) is 17.0. The van der Waals surface area contributed by atoms with Gasteiger partial charge in [-0.25, -0.2) is 9.59 Å². The maximum Gasteiger partial charge on any atom is 0.338 e. The molecule has 0 spiro atoms. The third kappa shape index (κ3) is 4.23. The molecule has 1 aliphatic heterocycles. The van der Waals surface area contributed by atoms with E-state index in [-0.39, 0.29) is 12.1 Å². The number of hydrogen-bond donors (Lipinski definition) is 2. The zero-order chi connectivity index (χ0) is 18.6. The highest BCUT2D eigenvalue weighted by Gasteiger charge is 2.33. The fourth-order valence-electron chi connectivity index (χ4n) is 2.63. The lowest BCUT2D eigenvalue weighted by molar-refractivity contribution is -0.143. The number of urea groups is 1. The molecule has 0 fully saturated rings. The smallest absolute Gasteiger partial charge is 0.338 e. The molecule has 0 radical (unpaired) electrons. The van der Waals surface area contributed by atoms with E-state index in [9.17, 15) is 9.59 Å². The van der Waals surface area contributed by atoms with Gasteiger partial charge in [0.2, 0.25) is 0 Å². The van der Waals surface area contributed by atoms with Crippen LogP contribution < -0.4 is 20.1 Å². The van der Waals surface area contributed by atoms with Crippen LogP contribution in [-0.4, -0.2) is 31.8 Å². The molecular weight excluding hydrogens is 324 g/mol. The monoisotopic (exact) mass is 348 g/mol. The van der Waals surface area contributed by atoms with Crippen molar-refractivity contribution in [1.29, 1.82) is 0 Å². The van der Waals surface area contributed by atoms with Gasteiger partial charge in [-0.15, -0.1) is 0 Å². The summed E-state index contributed by atoms with van der Waals surface area (Å²) < 4.78 is 16.2. The van der Waals surface area contributed by atoms with Crippen LogP contribution in [0.4, 0.5) is 4.79 Å². The third-order valence-electron chi connectivity index (χ3n) is 3.65. The third-order valence-corrected chi connectivity index (χ3v) is 3.65. The Balaban J connectivity index is 2.45. The minimum Gasteiger partial charge on any atom is -0.493 e. The Morgan fingerprint density at radius 1 is 1.28 bits per heavy atom. The van der Waals surface area contributed by atoms with Crippen LogP contribution in [0, 0.1) is 0 Å². The van der Waals surface area contributed by atoms with Crippen molar-refractivity contribution in [3.63, 3.8) is 0 Å². The SMILES string of the molecule is CCOc1ccc([C@@H]2NC(=O)NC(C)=C2C(=O)OC(C)C)cc1OC. The molecule has 1 aliphatic rings. The molecule has 0 unspecified atom stereocenters. The van der Waals surface area contributed by atoms with Gasteiger partial charge in [0.1, 0.15) is 0 Å². The van der Waals surface area contributed by atoms with E-state index in [1.54, 1.807) is 39.0 Å². The van der Waals surface area contributed by atoms with Crippen LogP contribution in [-0.2, 0) is 9.53 Å². The fraction of sp³-hybridized carbons (Fsp3) is 0.444. The highest BCUT2D eigenvalue weighted by atomic mass is 16.5. The van der Waals surface area contributed by atoms with Crippen molar-refractivity contribution in [2.45, 2.75) is 39.8 Å². The van der Waals surface area contributed by atoms with Crippen molar-refractivity contribution in [2.75, 3.05) is 13.7 Å². The molecule has 25 heavy (non-hydrogen) atoms. The molecule has 1 aromatic rings. The van der Waals surface area contributed by atoms with Crippen molar-refractivity contribution >= 4 is 12.0 Å². The van der Waals surface area contributed by atoms with Crippen LogP contribution in [0.2, 0.25) is 0 Å². The van der Waals surface area contributed by atoms with Gasteiger partial charge in [-0.2, -0.15) is 0 Å². The van der Waals surface area contributed by atoms with Crippen LogP contribution in [0.15, 0.2) is 29.5 Å². The number of carbonyl (C=O) groups excluding carboxylic acids is 2. The van der Waals surface area contributed by atoms with Gasteiger partial charge < -0.3 is 24.8 Å².